The average molecular weight is 648 g/mol. The van der Waals surface area contributed by atoms with E-state index in [0.29, 0.717) is 36.7 Å². The van der Waals surface area contributed by atoms with Gasteiger partial charge in [-0.25, -0.2) is 15.1 Å². The minimum atomic E-state index is -0.783. The molecule has 1 saturated heterocycles. The molecule has 0 aromatic heterocycles. The Hall–Kier alpha value is -2.51. The Labute approximate surface area is 256 Å². The monoisotopic (exact) mass is 647 g/mol. The molecule has 0 unspecified atom stereocenters. The lowest BCUT2D eigenvalue weighted by atomic mass is 9.43. The summed E-state index contributed by atoms with van der Waals surface area (Å²) in [5.41, 5.74) is 7.67. The second-order valence-electron chi connectivity index (χ2n) is 13.2. The molecule has 1 heterocycles. The summed E-state index contributed by atoms with van der Waals surface area (Å²) in [5.74, 6) is -0.410. The molecule has 13 heteroatoms. The molecule has 6 atom stereocenters. The van der Waals surface area contributed by atoms with Crippen LogP contribution >= 0.6 is 15.9 Å². The molecule has 11 nitrogen and oxygen atoms in total. The molecule has 42 heavy (non-hydrogen) atoms. The van der Waals surface area contributed by atoms with Crippen LogP contribution in [-0.2, 0) is 14.1 Å². The molecule has 230 valence electrons. The highest BCUT2D eigenvalue weighted by atomic mass is 79.9. The number of hydrogen-bond donors (Lipinski definition) is 3. The molecule has 1 aromatic carbocycles. The van der Waals surface area contributed by atoms with Crippen LogP contribution in [-0.4, -0.2) is 54.0 Å². The molecule has 3 saturated carbocycles. The first-order chi connectivity index (χ1) is 19.7. The lowest BCUT2D eigenvalue weighted by molar-refractivity contribution is -0.525. The zero-order chi connectivity index (χ0) is 30.8. The smallest absolute Gasteiger partial charge is 0.404 e. The Morgan fingerprint density at radius 1 is 1.24 bits per heavy atom. The fraction of sp³-hybridized carbons (Fsp3) is 0.690. The van der Waals surface area contributed by atoms with E-state index in [-0.39, 0.29) is 54.0 Å². The van der Waals surface area contributed by atoms with Crippen LogP contribution in [0.15, 0.2) is 33.7 Å². The van der Waals surface area contributed by atoms with Crippen molar-refractivity contribution in [2.75, 3.05) is 6.54 Å². The number of guanidine groups is 1. The number of rotatable bonds is 13. The van der Waals surface area contributed by atoms with Gasteiger partial charge >= 0.3 is 7.12 Å². The lowest BCUT2D eigenvalue weighted by Crippen LogP contribution is -2.65. The third-order valence-corrected chi connectivity index (χ3v) is 10.0. The standard InChI is InChI=1S/C29H43BBrN5O6/c1-17(2)13-25(30-41-24-16-20-15-23(28(20,3)4)29(24,5)42-30)34-26(38)19(7-6-12-33-27(32)35-36(39)40)14-22(37)18-8-10-21(31)11-9-18/h8-11,17,19-20,23-25H,6-7,12-16H2,1-5H3,(H,34,38)(H3,32,33,35)/t19-,20+,23+,24-,25+,29+/m1/s1. The van der Waals surface area contributed by atoms with Gasteiger partial charge in [0.15, 0.2) is 10.8 Å². The van der Waals surface area contributed by atoms with Crippen molar-refractivity contribution in [1.29, 1.82) is 0 Å². The van der Waals surface area contributed by atoms with Gasteiger partial charge in [-0.3, -0.25) is 9.59 Å². The van der Waals surface area contributed by atoms with Gasteiger partial charge in [0.2, 0.25) is 5.91 Å². The summed E-state index contributed by atoms with van der Waals surface area (Å²) in [6.07, 6.45) is 3.53. The summed E-state index contributed by atoms with van der Waals surface area (Å²) in [5, 5.41) is 13.0. The number of amides is 1. The van der Waals surface area contributed by atoms with E-state index in [1.165, 1.54) is 0 Å². The first-order valence-corrected chi connectivity index (χ1v) is 15.6. The van der Waals surface area contributed by atoms with Gasteiger partial charge in [-0.15, -0.1) is 0 Å². The number of carbonyl (C=O) groups is 2. The number of benzene rings is 1. The van der Waals surface area contributed by atoms with Crippen molar-refractivity contribution in [3.05, 3.63) is 44.4 Å². The van der Waals surface area contributed by atoms with E-state index in [1.807, 2.05) is 5.43 Å². The predicted molar refractivity (Wildman–Crippen MR) is 164 cm³/mol. The molecule has 0 radical (unpaired) electrons. The number of hydrogen-bond acceptors (Lipinski definition) is 7. The van der Waals surface area contributed by atoms with Gasteiger partial charge in [-0.05, 0) is 74.3 Å². The van der Waals surface area contributed by atoms with E-state index >= 15 is 0 Å². The van der Waals surface area contributed by atoms with E-state index in [4.69, 9.17) is 15.0 Å². The molecule has 0 spiro atoms. The third-order valence-electron chi connectivity index (χ3n) is 9.52. The van der Waals surface area contributed by atoms with E-state index in [1.54, 1.807) is 24.3 Å². The van der Waals surface area contributed by atoms with E-state index in [9.17, 15) is 19.7 Å². The fourth-order valence-corrected chi connectivity index (χ4v) is 7.35. The Morgan fingerprint density at radius 2 is 1.93 bits per heavy atom. The number of nitrogens with two attached hydrogens (primary N) is 1. The van der Waals surface area contributed by atoms with E-state index in [0.717, 1.165) is 17.3 Å². The van der Waals surface area contributed by atoms with Crippen LogP contribution in [0.2, 0.25) is 0 Å². The summed E-state index contributed by atoms with van der Waals surface area (Å²) < 4.78 is 14.1. The van der Waals surface area contributed by atoms with E-state index in [2.05, 4.69) is 60.9 Å². The molecule has 4 fully saturated rings. The van der Waals surface area contributed by atoms with Crippen molar-refractivity contribution in [2.24, 2.45) is 39.8 Å². The molecule has 2 bridgehead atoms. The quantitative estimate of drug-likeness (QED) is 0.0543. The number of hydrazine groups is 1. The summed E-state index contributed by atoms with van der Waals surface area (Å²) >= 11 is 3.39. The summed E-state index contributed by atoms with van der Waals surface area (Å²) in [6.45, 7) is 11.2. The SMILES string of the molecule is CC(C)C[C@H](NC(=O)[C@H](CCCN=C(N)N[N+](=O)[O-])CC(=O)c1ccc(Br)cc1)B1O[C@@H]2C[C@@H]3C[C@@H](C3(C)C)[C@]2(C)O1. The van der Waals surface area contributed by atoms with Crippen molar-refractivity contribution in [3.8, 4) is 0 Å². The second kappa shape index (κ2) is 13.0. The maximum atomic E-state index is 13.8. The average Bonchev–Trinajstić information content (AvgIpc) is 3.26. The number of nitrogens with zero attached hydrogens (tertiary/aromatic N) is 2. The van der Waals surface area contributed by atoms with Crippen molar-refractivity contribution in [1.82, 2.24) is 10.7 Å². The highest BCUT2D eigenvalue weighted by molar-refractivity contribution is 9.10. The Morgan fingerprint density at radius 3 is 2.55 bits per heavy atom. The molecule has 5 rings (SSSR count). The number of Topliss-reactive ketones (excluding diaryl/α,β-unsaturated/α-hetero) is 1. The summed E-state index contributed by atoms with van der Waals surface area (Å²) in [4.78, 5) is 41.5. The lowest BCUT2D eigenvalue weighted by Gasteiger charge is -2.64. The largest absolute Gasteiger partial charge is 0.481 e. The van der Waals surface area contributed by atoms with Crippen molar-refractivity contribution in [2.45, 2.75) is 90.8 Å². The van der Waals surface area contributed by atoms with Gasteiger partial charge in [0.05, 0.1) is 17.6 Å². The third kappa shape index (κ3) is 7.16. The van der Waals surface area contributed by atoms with Gasteiger partial charge in [0, 0.05) is 28.9 Å². The number of carbonyl (C=O) groups excluding carboxylic acids is 2. The van der Waals surface area contributed by atoms with Gasteiger partial charge in [-0.2, -0.15) is 0 Å². The minimum Gasteiger partial charge on any atom is -0.404 e. The molecule has 3 aliphatic carbocycles. The molecular weight excluding hydrogens is 605 g/mol. The Kier molecular flexibility index (Phi) is 10.0. The van der Waals surface area contributed by atoms with Crippen LogP contribution < -0.4 is 16.5 Å². The first kappa shape index (κ1) is 32.4. The number of nitrogens with one attached hydrogen (secondary N) is 2. The number of aliphatic imine (C=N–C) groups is 1. The Balaban J connectivity index is 1.47. The maximum absolute atomic E-state index is 13.8. The molecular formula is C29H43BBrN5O6. The second-order valence-corrected chi connectivity index (χ2v) is 14.1. The van der Waals surface area contributed by atoms with Crippen LogP contribution in [0.3, 0.4) is 0 Å². The minimum absolute atomic E-state index is 0.00304. The Bertz CT molecular complexity index is 1200. The molecule has 1 amide bonds. The number of ketones is 1. The predicted octanol–water partition coefficient (Wildman–Crippen LogP) is 4.31. The normalized spacial score (nSPS) is 27.5. The van der Waals surface area contributed by atoms with Crippen LogP contribution in [0.1, 0.15) is 83.5 Å². The van der Waals surface area contributed by atoms with Crippen LogP contribution in [0.4, 0.5) is 0 Å². The topological polar surface area (TPSA) is 158 Å². The van der Waals surface area contributed by atoms with Gasteiger partial charge in [-0.1, -0.05) is 61.2 Å². The summed E-state index contributed by atoms with van der Waals surface area (Å²) in [6, 6.07) is 7.04. The van der Waals surface area contributed by atoms with Gasteiger partial charge < -0.3 is 20.4 Å². The van der Waals surface area contributed by atoms with E-state index < -0.39 is 23.7 Å². The first-order valence-electron chi connectivity index (χ1n) is 14.8. The maximum Gasteiger partial charge on any atom is 0.481 e. The molecule has 4 aliphatic rings. The zero-order valence-electron chi connectivity index (χ0n) is 25.1. The van der Waals surface area contributed by atoms with Crippen LogP contribution in [0, 0.1) is 39.2 Å². The van der Waals surface area contributed by atoms with Gasteiger partial charge in [0.25, 0.3) is 5.96 Å². The molecule has 1 aliphatic heterocycles. The zero-order valence-corrected chi connectivity index (χ0v) is 26.7. The van der Waals surface area contributed by atoms with Crippen molar-refractivity contribution < 1.29 is 23.9 Å². The highest BCUT2D eigenvalue weighted by Crippen LogP contribution is 2.65. The van der Waals surface area contributed by atoms with Gasteiger partial charge in [0.1, 0.15) is 0 Å². The van der Waals surface area contributed by atoms with Crippen LogP contribution in [0.5, 0.6) is 0 Å². The number of halogens is 1. The van der Waals surface area contributed by atoms with Crippen LogP contribution in [0.25, 0.3) is 0 Å². The van der Waals surface area contributed by atoms with Crippen molar-refractivity contribution >= 4 is 40.7 Å². The highest BCUT2D eigenvalue weighted by Gasteiger charge is 2.68. The molecule has 4 N–H and O–H groups in total. The fourth-order valence-electron chi connectivity index (χ4n) is 7.09. The number of nitro groups is 1. The molecule has 1 aromatic rings. The summed E-state index contributed by atoms with van der Waals surface area (Å²) in [7, 11) is -0.568. The van der Waals surface area contributed by atoms with Crippen molar-refractivity contribution in [3.63, 3.8) is 0 Å².